The molecule has 1 aromatic rings. The standard InChI is InChI=1S/C16H24N2O3/c1-16(2,3)17-14(19)11-18(4)10-12-7-6-8-13(9-12)15(20)21-5/h6-9H,10-11H2,1-5H3,(H,17,19). The third kappa shape index (κ3) is 6.40. The highest BCUT2D eigenvalue weighted by Crippen LogP contribution is 2.09. The van der Waals surface area contributed by atoms with E-state index in [0.29, 0.717) is 18.7 Å². The van der Waals surface area contributed by atoms with E-state index in [9.17, 15) is 9.59 Å². The number of nitrogens with one attached hydrogen (secondary N) is 1. The van der Waals surface area contributed by atoms with Gasteiger partial charge in [0.25, 0.3) is 0 Å². The Labute approximate surface area is 126 Å². The van der Waals surface area contributed by atoms with E-state index in [1.165, 1.54) is 7.11 Å². The summed E-state index contributed by atoms with van der Waals surface area (Å²) in [6.07, 6.45) is 0. The van der Waals surface area contributed by atoms with Crippen molar-refractivity contribution in [1.29, 1.82) is 0 Å². The van der Waals surface area contributed by atoms with E-state index in [0.717, 1.165) is 5.56 Å². The van der Waals surface area contributed by atoms with Gasteiger partial charge in [0.2, 0.25) is 5.91 Å². The molecular weight excluding hydrogens is 268 g/mol. The minimum absolute atomic E-state index is 0.0193. The summed E-state index contributed by atoms with van der Waals surface area (Å²) in [4.78, 5) is 25.2. The highest BCUT2D eigenvalue weighted by atomic mass is 16.5. The van der Waals surface area contributed by atoms with Crippen LogP contribution < -0.4 is 5.32 Å². The highest BCUT2D eigenvalue weighted by molar-refractivity contribution is 5.89. The van der Waals surface area contributed by atoms with Crippen LogP contribution in [0.25, 0.3) is 0 Å². The second-order valence-electron chi connectivity index (χ2n) is 6.16. The number of esters is 1. The Bertz CT molecular complexity index is 506. The van der Waals surface area contributed by atoms with Crippen LogP contribution in [0, 0.1) is 0 Å². The van der Waals surface area contributed by atoms with E-state index in [1.54, 1.807) is 12.1 Å². The number of hydrogen-bond acceptors (Lipinski definition) is 4. The number of benzene rings is 1. The maximum Gasteiger partial charge on any atom is 0.337 e. The molecule has 0 fully saturated rings. The van der Waals surface area contributed by atoms with Gasteiger partial charge < -0.3 is 10.1 Å². The van der Waals surface area contributed by atoms with Gasteiger partial charge in [-0.1, -0.05) is 12.1 Å². The Balaban J connectivity index is 2.61. The Hall–Kier alpha value is -1.88. The number of nitrogens with zero attached hydrogens (tertiary/aromatic N) is 1. The van der Waals surface area contributed by atoms with Crippen LogP contribution in [0.3, 0.4) is 0 Å². The fraction of sp³-hybridized carbons (Fsp3) is 0.500. The predicted molar refractivity (Wildman–Crippen MR) is 82.0 cm³/mol. The third-order valence-corrected chi connectivity index (χ3v) is 2.73. The van der Waals surface area contributed by atoms with Gasteiger partial charge in [0, 0.05) is 12.1 Å². The Morgan fingerprint density at radius 1 is 1.29 bits per heavy atom. The fourth-order valence-electron chi connectivity index (χ4n) is 1.99. The summed E-state index contributed by atoms with van der Waals surface area (Å²) >= 11 is 0. The summed E-state index contributed by atoms with van der Waals surface area (Å²) in [5.74, 6) is -0.376. The molecule has 21 heavy (non-hydrogen) atoms. The monoisotopic (exact) mass is 292 g/mol. The number of methoxy groups -OCH3 is 1. The van der Waals surface area contributed by atoms with Gasteiger partial charge >= 0.3 is 5.97 Å². The number of rotatable bonds is 5. The molecule has 0 saturated heterocycles. The average molecular weight is 292 g/mol. The van der Waals surface area contributed by atoms with Crippen LogP contribution in [0.4, 0.5) is 0 Å². The molecule has 0 unspecified atom stereocenters. The molecule has 0 saturated carbocycles. The summed E-state index contributed by atoms with van der Waals surface area (Å²) < 4.78 is 4.70. The van der Waals surface area contributed by atoms with Gasteiger partial charge in [-0.25, -0.2) is 4.79 Å². The summed E-state index contributed by atoms with van der Waals surface area (Å²) in [5.41, 5.74) is 1.24. The summed E-state index contributed by atoms with van der Waals surface area (Å²) in [6, 6.07) is 7.22. The van der Waals surface area contributed by atoms with Crippen molar-refractivity contribution in [2.75, 3.05) is 20.7 Å². The Kier molecular flexibility index (Phi) is 5.90. The van der Waals surface area contributed by atoms with Crippen molar-refractivity contribution in [2.45, 2.75) is 32.9 Å². The van der Waals surface area contributed by atoms with Crippen molar-refractivity contribution < 1.29 is 14.3 Å². The zero-order valence-corrected chi connectivity index (χ0v) is 13.4. The number of carbonyl (C=O) groups is 2. The average Bonchev–Trinajstić information content (AvgIpc) is 2.35. The number of hydrogen-bond donors (Lipinski definition) is 1. The van der Waals surface area contributed by atoms with Crippen LogP contribution in [0.2, 0.25) is 0 Å². The Morgan fingerprint density at radius 2 is 1.95 bits per heavy atom. The molecule has 0 aromatic heterocycles. The lowest BCUT2D eigenvalue weighted by molar-refractivity contribution is -0.123. The molecule has 0 heterocycles. The fourth-order valence-corrected chi connectivity index (χ4v) is 1.99. The van der Waals surface area contributed by atoms with Crippen LogP contribution >= 0.6 is 0 Å². The molecule has 1 amide bonds. The maximum atomic E-state index is 11.9. The Morgan fingerprint density at radius 3 is 2.52 bits per heavy atom. The van der Waals surface area contributed by atoms with Gasteiger partial charge in [-0.05, 0) is 45.5 Å². The van der Waals surface area contributed by atoms with Crippen molar-refractivity contribution in [2.24, 2.45) is 0 Å². The van der Waals surface area contributed by atoms with Gasteiger partial charge in [0.1, 0.15) is 0 Å². The van der Waals surface area contributed by atoms with Crippen molar-refractivity contribution in [3.8, 4) is 0 Å². The highest BCUT2D eigenvalue weighted by Gasteiger charge is 2.15. The van der Waals surface area contributed by atoms with E-state index in [1.807, 2.05) is 44.9 Å². The second-order valence-corrected chi connectivity index (χ2v) is 6.16. The molecule has 0 atom stereocenters. The van der Waals surface area contributed by atoms with Crippen molar-refractivity contribution in [3.05, 3.63) is 35.4 Å². The first-order valence-electron chi connectivity index (χ1n) is 6.88. The van der Waals surface area contributed by atoms with Crippen molar-refractivity contribution >= 4 is 11.9 Å². The molecule has 5 heteroatoms. The van der Waals surface area contributed by atoms with E-state index < -0.39 is 0 Å². The lowest BCUT2D eigenvalue weighted by atomic mass is 10.1. The van der Waals surface area contributed by atoms with Gasteiger partial charge in [-0.15, -0.1) is 0 Å². The molecule has 5 nitrogen and oxygen atoms in total. The summed E-state index contributed by atoms with van der Waals surface area (Å²) in [7, 11) is 3.23. The largest absolute Gasteiger partial charge is 0.465 e. The molecule has 0 bridgehead atoms. The zero-order valence-electron chi connectivity index (χ0n) is 13.4. The molecular formula is C16H24N2O3. The molecule has 0 spiro atoms. The second kappa shape index (κ2) is 7.22. The van der Waals surface area contributed by atoms with Crippen LogP contribution in [-0.4, -0.2) is 43.0 Å². The van der Waals surface area contributed by atoms with Gasteiger partial charge in [0.15, 0.2) is 0 Å². The molecule has 0 aliphatic carbocycles. The summed E-state index contributed by atoms with van der Waals surface area (Å²) in [5, 5.41) is 2.92. The normalized spacial score (nSPS) is 11.3. The van der Waals surface area contributed by atoms with Gasteiger partial charge in [0.05, 0.1) is 19.2 Å². The molecule has 1 aromatic carbocycles. The minimum Gasteiger partial charge on any atom is -0.465 e. The maximum absolute atomic E-state index is 11.9. The van der Waals surface area contributed by atoms with E-state index in [-0.39, 0.29) is 17.4 Å². The first-order chi connectivity index (χ1) is 9.71. The van der Waals surface area contributed by atoms with Crippen LogP contribution in [0.1, 0.15) is 36.7 Å². The molecule has 0 aliphatic heterocycles. The van der Waals surface area contributed by atoms with Crippen LogP contribution in [0.5, 0.6) is 0 Å². The number of ether oxygens (including phenoxy) is 1. The topological polar surface area (TPSA) is 58.6 Å². The molecule has 0 radical (unpaired) electrons. The first kappa shape index (κ1) is 17.2. The molecule has 0 aliphatic rings. The third-order valence-electron chi connectivity index (χ3n) is 2.73. The first-order valence-corrected chi connectivity index (χ1v) is 6.88. The zero-order chi connectivity index (χ0) is 16.0. The number of carbonyl (C=O) groups excluding carboxylic acids is 2. The number of amides is 1. The quantitative estimate of drug-likeness (QED) is 0.841. The van der Waals surface area contributed by atoms with E-state index in [4.69, 9.17) is 4.74 Å². The SMILES string of the molecule is COC(=O)c1cccc(CN(C)CC(=O)NC(C)(C)C)c1. The molecule has 116 valence electrons. The number of likely N-dealkylation sites (N-methyl/N-ethyl adjacent to an activating group) is 1. The van der Waals surface area contributed by atoms with E-state index in [2.05, 4.69) is 5.32 Å². The van der Waals surface area contributed by atoms with Crippen LogP contribution in [0.15, 0.2) is 24.3 Å². The van der Waals surface area contributed by atoms with Gasteiger partial charge in [-0.2, -0.15) is 0 Å². The van der Waals surface area contributed by atoms with Crippen LogP contribution in [-0.2, 0) is 16.1 Å². The molecule has 1 N–H and O–H groups in total. The van der Waals surface area contributed by atoms with Crippen molar-refractivity contribution in [3.63, 3.8) is 0 Å². The molecule has 1 rings (SSSR count). The minimum atomic E-state index is -0.357. The van der Waals surface area contributed by atoms with Gasteiger partial charge in [-0.3, -0.25) is 9.69 Å². The van der Waals surface area contributed by atoms with E-state index >= 15 is 0 Å². The summed E-state index contributed by atoms with van der Waals surface area (Å²) in [6.45, 7) is 6.74. The lowest BCUT2D eigenvalue weighted by Crippen LogP contribution is -2.45. The predicted octanol–water partition coefficient (Wildman–Crippen LogP) is 1.82. The smallest absolute Gasteiger partial charge is 0.337 e. The van der Waals surface area contributed by atoms with Crippen molar-refractivity contribution in [1.82, 2.24) is 10.2 Å². The lowest BCUT2D eigenvalue weighted by Gasteiger charge is -2.23.